The maximum atomic E-state index is 2.35. The van der Waals surface area contributed by atoms with Gasteiger partial charge >= 0.3 is 0 Å². The molecule has 10 heavy (non-hydrogen) atoms. The van der Waals surface area contributed by atoms with Gasteiger partial charge in [-0.25, -0.2) is 0 Å². The molecule has 0 spiro atoms. The lowest BCUT2D eigenvalue weighted by Gasteiger charge is -1.96. The molecule has 0 aromatic heterocycles. The highest BCUT2D eigenvalue weighted by Gasteiger charge is 2.09. The third-order valence-electron chi connectivity index (χ3n) is 2.09. The van der Waals surface area contributed by atoms with Crippen molar-refractivity contribution in [1.29, 1.82) is 0 Å². The average Bonchev–Trinajstić information content (AvgIpc) is 2.34. The molecule has 0 atom stereocenters. The Morgan fingerprint density at radius 1 is 1.50 bits per heavy atom. The van der Waals surface area contributed by atoms with Gasteiger partial charge in [0.15, 0.2) is 6.71 Å². The van der Waals surface area contributed by atoms with E-state index >= 15 is 0 Å². The fourth-order valence-electron chi connectivity index (χ4n) is 1.25. The molecule has 0 amide bonds. The number of hydrogen-bond donors (Lipinski definition) is 0. The van der Waals surface area contributed by atoms with Crippen LogP contribution >= 0.6 is 0 Å². The molecule has 0 bridgehead atoms. The summed E-state index contributed by atoms with van der Waals surface area (Å²) in [5.41, 5.74) is 3.11. The molecule has 0 radical (unpaired) electrons. The second kappa shape index (κ2) is 3.09. The van der Waals surface area contributed by atoms with Crippen molar-refractivity contribution in [3.05, 3.63) is 23.2 Å². The van der Waals surface area contributed by atoms with E-state index in [4.69, 9.17) is 0 Å². The standard InChI is InChI=1S/C9H15B/c1-4-8-5-6-9(7-8)10(2)3/h6-7H,4-5H2,1-3H3. The molecule has 0 unspecified atom stereocenters. The van der Waals surface area contributed by atoms with Gasteiger partial charge in [0.25, 0.3) is 0 Å². The summed E-state index contributed by atoms with van der Waals surface area (Å²) in [4.78, 5) is 0. The first-order chi connectivity index (χ1) is 4.74. The minimum atomic E-state index is 0.712. The largest absolute Gasteiger partial charge is 0.169 e. The summed E-state index contributed by atoms with van der Waals surface area (Å²) in [5, 5.41) is 0. The molecule has 0 saturated heterocycles. The Balaban J connectivity index is 2.59. The first-order valence-corrected chi connectivity index (χ1v) is 4.13. The van der Waals surface area contributed by atoms with Crippen molar-refractivity contribution >= 4 is 6.71 Å². The minimum Gasteiger partial charge on any atom is -0.0860 e. The molecule has 1 aliphatic rings. The highest BCUT2D eigenvalue weighted by atomic mass is 14.0. The molecule has 1 heteroatoms. The van der Waals surface area contributed by atoms with Crippen LogP contribution < -0.4 is 0 Å². The Bertz CT molecular complexity index is 175. The summed E-state index contributed by atoms with van der Waals surface area (Å²) >= 11 is 0. The first kappa shape index (κ1) is 7.65. The van der Waals surface area contributed by atoms with Crippen molar-refractivity contribution in [2.24, 2.45) is 0 Å². The van der Waals surface area contributed by atoms with E-state index in [1.165, 1.54) is 18.3 Å². The summed E-state index contributed by atoms with van der Waals surface area (Å²) in [6.45, 7) is 7.44. The minimum absolute atomic E-state index is 0.712. The normalized spacial score (nSPS) is 16.7. The summed E-state index contributed by atoms with van der Waals surface area (Å²) in [6.07, 6.45) is 7.12. The third-order valence-corrected chi connectivity index (χ3v) is 2.09. The Kier molecular flexibility index (Phi) is 2.36. The Hall–Kier alpha value is -0.455. The fourth-order valence-corrected chi connectivity index (χ4v) is 1.25. The zero-order chi connectivity index (χ0) is 7.56. The zero-order valence-corrected chi connectivity index (χ0v) is 7.15. The lowest BCUT2D eigenvalue weighted by molar-refractivity contribution is 1.05. The molecule has 0 N–H and O–H groups in total. The molecule has 0 aromatic carbocycles. The topological polar surface area (TPSA) is 0 Å². The summed E-state index contributed by atoms with van der Waals surface area (Å²) < 4.78 is 0. The molecule has 0 heterocycles. The van der Waals surface area contributed by atoms with E-state index in [1.807, 2.05) is 0 Å². The predicted octanol–water partition coefficient (Wildman–Crippen LogP) is 2.95. The summed E-state index contributed by atoms with van der Waals surface area (Å²) in [6, 6.07) is 0. The quantitative estimate of drug-likeness (QED) is 0.509. The van der Waals surface area contributed by atoms with Gasteiger partial charge in [-0.2, -0.15) is 0 Å². The summed E-state index contributed by atoms with van der Waals surface area (Å²) in [7, 11) is 0. The van der Waals surface area contributed by atoms with Crippen LogP contribution in [0, 0.1) is 0 Å². The fraction of sp³-hybridized carbons (Fsp3) is 0.556. The predicted molar refractivity (Wildman–Crippen MR) is 48.6 cm³/mol. The molecule has 1 rings (SSSR count). The van der Waals surface area contributed by atoms with Gasteiger partial charge in [-0.05, 0) is 12.8 Å². The lowest BCUT2D eigenvalue weighted by Crippen LogP contribution is -2.01. The van der Waals surface area contributed by atoms with Crippen LogP contribution in [0.1, 0.15) is 19.8 Å². The van der Waals surface area contributed by atoms with Gasteiger partial charge in [0.1, 0.15) is 0 Å². The van der Waals surface area contributed by atoms with E-state index in [1.54, 1.807) is 5.57 Å². The smallest absolute Gasteiger partial charge is 0.0860 e. The van der Waals surface area contributed by atoms with Crippen LogP contribution in [0.25, 0.3) is 0 Å². The number of allylic oxidation sites excluding steroid dienone is 4. The monoisotopic (exact) mass is 134 g/mol. The SMILES string of the molecule is CCC1=CC(B(C)C)=CC1. The molecule has 0 aliphatic heterocycles. The lowest BCUT2D eigenvalue weighted by atomic mass is 9.49. The molecule has 0 nitrogen and oxygen atoms in total. The van der Waals surface area contributed by atoms with Crippen LogP contribution in [-0.2, 0) is 0 Å². The molecule has 0 saturated carbocycles. The van der Waals surface area contributed by atoms with E-state index in [9.17, 15) is 0 Å². The zero-order valence-electron chi connectivity index (χ0n) is 7.15. The molecule has 1 aliphatic carbocycles. The molecular weight excluding hydrogens is 119 g/mol. The number of hydrogen-bond acceptors (Lipinski definition) is 0. The Labute approximate surface area is 64.1 Å². The Morgan fingerprint density at radius 2 is 2.20 bits per heavy atom. The second-order valence-corrected chi connectivity index (χ2v) is 3.22. The number of rotatable bonds is 2. The van der Waals surface area contributed by atoms with Crippen molar-refractivity contribution < 1.29 is 0 Å². The van der Waals surface area contributed by atoms with Crippen molar-refractivity contribution in [3.8, 4) is 0 Å². The van der Waals surface area contributed by atoms with Crippen LogP contribution in [0.5, 0.6) is 0 Å². The first-order valence-electron chi connectivity index (χ1n) is 4.13. The Morgan fingerprint density at radius 3 is 2.50 bits per heavy atom. The molecule has 54 valence electrons. The van der Waals surface area contributed by atoms with Gasteiger partial charge in [0.05, 0.1) is 0 Å². The van der Waals surface area contributed by atoms with Gasteiger partial charge < -0.3 is 0 Å². The van der Waals surface area contributed by atoms with E-state index in [0.717, 1.165) is 0 Å². The van der Waals surface area contributed by atoms with Crippen molar-refractivity contribution in [3.63, 3.8) is 0 Å². The van der Waals surface area contributed by atoms with Crippen molar-refractivity contribution in [2.75, 3.05) is 0 Å². The van der Waals surface area contributed by atoms with Crippen LogP contribution in [0.3, 0.4) is 0 Å². The van der Waals surface area contributed by atoms with Crippen molar-refractivity contribution in [1.82, 2.24) is 0 Å². The van der Waals surface area contributed by atoms with E-state index in [2.05, 4.69) is 32.7 Å². The van der Waals surface area contributed by atoms with E-state index in [0.29, 0.717) is 6.71 Å². The molecule has 0 aromatic rings. The second-order valence-electron chi connectivity index (χ2n) is 3.22. The van der Waals surface area contributed by atoms with Crippen LogP contribution in [0.4, 0.5) is 0 Å². The maximum absolute atomic E-state index is 2.35. The van der Waals surface area contributed by atoms with Crippen LogP contribution in [0.15, 0.2) is 23.2 Å². The highest BCUT2D eigenvalue weighted by molar-refractivity contribution is 6.65. The van der Waals surface area contributed by atoms with Gasteiger partial charge in [-0.1, -0.05) is 43.8 Å². The van der Waals surface area contributed by atoms with Crippen LogP contribution in [0.2, 0.25) is 13.6 Å². The maximum Gasteiger partial charge on any atom is 0.169 e. The van der Waals surface area contributed by atoms with Crippen LogP contribution in [-0.4, -0.2) is 6.71 Å². The van der Waals surface area contributed by atoms with Crippen molar-refractivity contribution in [2.45, 2.75) is 33.4 Å². The average molecular weight is 134 g/mol. The van der Waals surface area contributed by atoms with Gasteiger partial charge in [0.2, 0.25) is 0 Å². The van der Waals surface area contributed by atoms with Gasteiger partial charge in [-0.15, -0.1) is 0 Å². The molecular formula is C9H15B. The summed E-state index contributed by atoms with van der Waals surface area (Å²) in [5.74, 6) is 0. The van der Waals surface area contributed by atoms with Gasteiger partial charge in [0, 0.05) is 0 Å². The van der Waals surface area contributed by atoms with E-state index < -0.39 is 0 Å². The van der Waals surface area contributed by atoms with E-state index in [-0.39, 0.29) is 0 Å². The highest BCUT2D eigenvalue weighted by Crippen LogP contribution is 2.21. The third kappa shape index (κ3) is 1.53. The van der Waals surface area contributed by atoms with Gasteiger partial charge in [-0.3, -0.25) is 0 Å². The molecule has 0 fully saturated rings.